The van der Waals surface area contributed by atoms with Crippen LogP contribution in [-0.2, 0) is 0 Å². The highest BCUT2D eigenvalue weighted by molar-refractivity contribution is 6.32. The summed E-state index contributed by atoms with van der Waals surface area (Å²) in [5.74, 6) is 10.9. The molecule has 1 heterocycles. The topological polar surface area (TPSA) is 175 Å². The van der Waals surface area contributed by atoms with Crippen LogP contribution in [0.15, 0.2) is 23.3 Å². The number of rotatable bonds is 3. The van der Waals surface area contributed by atoms with Gasteiger partial charge >= 0.3 is 5.97 Å². The van der Waals surface area contributed by atoms with Crippen LogP contribution in [-0.4, -0.2) is 26.9 Å². The van der Waals surface area contributed by atoms with Crippen molar-refractivity contribution in [3.05, 3.63) is 45.5 Å². The molecule has 0 saturated heterocycles. The van der Waals surface area contributed by atoms with Crippen LogP contribution >= 0.6 is 11.6 Å². The first-order chi connectivity index (χ1) is 11.8. The summed E-state index contributed by atoms with van der Waals surface area (Å²) in [6, 6.07) is 3.58. The Labute approximate surface area is 145 Å². The minimum atomic E-state index is -1.31. The maximum Gasteiger partial charge on any atom is 0.337 e. The summed E-state index contributed by atoms with van der Waals surface area (Å²) in [4.78, 5) is 24.4. The fourth-order valence-electron chi connectivity index (χ4n) is 1.93. The molecule has 8 N–H and O–H groups in total. The van der Waals surface area contributed by atoms with Crippen molar-refractivity contribution in [3.63, 3.8) is 0 Å². The van der Waals surface area contributed by atoms with Gasteiger partial charge in [0.15, 0.2) is 5.69 Å². The summed E-state index contributed by atoms with van der Waals surface area (Å²) in [6.07, 6.45) is 5.29. The third-order valence-electron chi connectivity index (χ3n) is 3.08. The van der Waals surface area contributed by atoms with E-state index in [-0.39, 0.29) is 38.7 Å². The van der Waals surface area contributed by atoms with Gasteiger partial charge in [-0.15, -0.1) is 11.5 Å². The zero-order valence-corrected chi connectivity index (χ0v) is 13.3. The number of amides is 1. The molecule has 2 rings (SSSR count). The number of aromatic nitrogens is 2. The molecule has 1 aromatic heterocycles. The van der Waals surface area contributed by atoms with Crippen LogP contribution in [0, 0.1) is 12.3 Å². The van der Waals surface area contributed by atoms with Gasteiger partial charge in [0.2, 0.25) is 5.49 Å². The Balaban J connectivity index is 2.48. The molecule has 0 atom stereocenters. The molecule has 0 bridgehead atoms. The van der Waals surface area contributed by atoms with Crippen molar-refractivity contribution in [1.29, 1.82) is 0 Å². The van der Waals surface area contributed by atoms with Crippen molar-refractivity contribution < 1.29 is 14.7 Å². The van der Waals surface area contributed by atoms with E-state index < -0.39 is 11.9 Å². The van der Waals surface area contributed by atoms with E-state index in [2.05, 4.69) is 21.4 Å². The van der Waals surface area contributed by atoms with E-state index in [0.29, 0.717) is 0 Å². The smallest absolute Gasteiger partial charge is 0.337 e. The summed E-state index contributed by atoms with van der Waals surface area (Å²) in [5, 5.41) is 18.8. The van der Waals surface area contributed by atoms with Gasteiger partial charge in [0.05, 0.1) is 22.0 Å². The lowest BCUT2D eigenvalue weighted by atomic mass is 10.1. The van der Waals surface area contributed by atoms with Gasteiger partial charge in [0, 0.05) is 5.56 Å². The molecule has 11 heteroatoms. The van der Waals surface area contributed by atoms with Gasteiger partial charge in [-0.3, -0.25) is 4.79 Å². The number of benzene rings is 1. The van der Waals surface area contributed by atoms with Gasteiger partial charge < -0.3 is 27.8 Å². The third-order valence-corrected chi connectivity index (χ3v) is 3.39. The average molecular weight is 362 g/mol. The number of carboxylic acids is 1. The van der Waals surface area contributed by atoms with Crippen LogP contribution in [0.3, 0.4) is 0 Å². The molecule has 128 valence electrons. The Morgan fingerprint density at radius 3 is 2.60 bits per heavy atom. The molecule has 0 aliphatic rings. The predicted molar refractivity (Wildman–Crippen MR) is 90.8 cm³/mol. The molecule has 2 aromatic rings. The van der Waals surface area contributed by atoms with Crippen molar-refractivity contribution in [1.82, 2.24) is 9.89 Å². The van der Waals surface area contributed by atoms with Crippen molar-refractivity contribution in [3.8, 4) is 12.3 Å². The Kier molecular flexibility index (Phi) is 4.81. The molecule has 10 nitrogen and oxygen atoms in total. The fraction of sp³-hybridized carbons (Fsp3) is 0. The number of halogens is 1. The first-order valence-corrected chi connectivity index (χ1v) is 6.90. The van der Waals surface area contributed by atoms with E-state index in [1.807, 2.05) is 0 Å². The second-order valence-electron chi connectivity index (χ2n) is 4.66. The zero-order chi connectivity index (χ0) is 18.7. The van der Waals surface area contributed by atoms with Gasteiger partial charge in [0.1, 0.15) is 0 Å². The first-order valence-electron chi connectivity index (χ1n) is 6.52. The molecule has 0 aliphatic heterocycles. The summed E-state index contributed by atoms with van der Waals surface area (Å²) in [5.41, 5.74) is 5.34. The highest BCUT2D eigenvalue weighted by atomic mass is 35.5. The lowest BCUT2D eigenvalue weighted by molar-refractivity contribution is 0.0698. The minimum absolute atomic E-state index is 0.00373. The maximum atomic E-state index is 12.3. The Hall–Kier alpha value is -3.71. The number of nitrogens with one attached hydrogen (secondary N) is 1. The lowest BCUT2D eigenvalue weighted by Gasteiger charge is -2.11. The number of anilines is 2. The van der Waals surface area contributed by atoms with Crippen LogP contribution in [0.4, 0.5) is 11.4 Å². The number of carbonyl (C=O) groups is 2. The lowest BCUT2D eigenvalue weighted by Crippen LogP contribution is -2.35. The largest absolute Gasteiger partial charge is 0.478 e. The number of nitrogen functional groups attached to an aromatic ring is 2. The molecule has 0 fully saturated rings. The van der Waals surface area contributed by atoms with E-state index in [1.165, 1.54) is 12.1 Å². The number of terminal acetylenes is 1. The Morgan fingerprint density at radius 1 is 1.40 bits per heavy atom. The van der Waals surface area contributed by atoms with E-state index >= 15 is 0 Å². The Bertz CT molecular complexity index is 965. The fourth-order valence-corrected chi connectivity index (χ4v) is 2.15. The molecular formula is C14H12ClN7O3. The summed E-state index contributed by atoms with van der Waals surface area (Å²) < 4.78 is 0. The van der Waals surface area contributed by atoms with Gasteiger partial charge in [-0.2, -0.15) is 9.89 Å². The van der Waals surface area contributed by atoms with E-state index in [1.54, 1.807) is 0 Å². The van der Waals surface area contributed by atoms with Crippen molar-refractivity contribution in [2.75, 3.05) is 16.9 Å². The van der Waals surface area contributed by atoms with Crippen molar-refractivity contribution in [2.45, 2.75) is 0 Å². The number of hydrogen-bond donors (Lipinski definition) is 5. The van der Waals surface area contributed by atoms with Crippen molar-refractivity contribution in [2.24, 2.45) is 10.9 Å². The number of nitrogens with zero attached hydrogens (tertiary/aromatic N) is 3. The maximum absolute atomic E-state index is 12.3. The second-order valence-corrected chi connectivity index (χ2v) is 5.07. The van der Waals surface area contributed by atoms with Gasteiger partial charge in [-0.1, -0.05) is 17.5 Å². The Morgan fingerprint density at radius 2 is 2.08 bits per heavy atom. The number of carbonyl (C=O) groups excluding carboxylic acids is 1. The summed E-state index contributed by atoms with van der Waals surface area (Å²) in [6.45, 7) is 0. The molecule has 1 amide bonds. The SMILES string of the molecule is C#Cc1cc(NC(=O)c2cc(N)/c(=N/N)n(N)n2)c(C(=O)O)cc1Cl. The number of carboxylic acid groups (broad SMARTS) is 1. The van der Waals surface area contributed by atoms with Crippen LogP contribution < -0.4 is 28.2 Å². The average Bonchev–Trinajstić information content (AvgIpc) is 2.55. The second kappa shape index (κ2) is 6.81. The van der Waals surface area contributed by atoms with Crippen LogP contribution in [0.25, 0.3) is 0 Å². The number of nitrogens with two attached hydrogens (primary N) is 3. The van der Waals surface area contributed by atoms with Crippen LogP contribution in [0.2, 0.25) is 5.02 Å². The molecular weight excluding hydrogens is 350 g/mol. The predicted octanol–water partition coefficient (Wildman–Crippen LogP) is -0.461. The van der Waals surface area contributed by atoms with E-state index in [0.717, 1.165) is 10.9 Å². The summed E-state index contributed by atoms with van der Waals surface area (Å²) in [7, 11) is 0. The highest BCUT2D eigenvalue weighted by Crippen LogP contribution is 2.25. The standard InChI is InChI=1S/C14H12ClN7O3/c1-2-6-3-10(7(14(24)25)4-8(6)15)19-13(23)11-5-9(16)12(20-17)22(18)21-11/h1,3-5H,16-18H2,(H,19,23)(H,24,25)/b20-12-. The molecule has 0 aliphatic carbocycles. The minimum Gasteiger partial charge on any atom is -0.478 e. The zero-order valence-electron chi connectivity index (χ0n) is 12.5. The third kappa shape index (κ3) is 3.46. The van der Waals surface area contributed by atoms with Gasteiger partial charge in [-0.05, 0) is 18.2 Å². The number of hydrogen-bond acceptors (Lipinski definition) is 7. The summed E-state index contributed by atoms with van der Waals surface area (Å²) >= 11 is 5.88. The van der Waals surface area contributed by atoms with E-state index in [9.17, 15) is 14.7 Å². The number of aromatic carboxylic acids is 1. The van der Waals surface area contributed by atoms with Crippen LogP contribution in [0.5, 0.6) is 0 Å². The van der Waals surface area contributed by atoms with Gasteiger partial charge in [0.25, 0.3) is 5.91 Å². The van der Waals surface area contributed by atoms with E-state index in [4.69, 9.17) is 35.4 Å². The molecule has 1 aromatic carbocycles. The highest BCUT2D eigenvalue weighted by Gasteiger charge is 2.18. The van der Waals surface area contributed by atoms with Crippen LogP contribution in [0.1, 0.15) is 26.4 Å². The van der Waals surface area contributed by atoms with Crippen molar-refractivity contribution >= 4 is 34.9 Å². The normalized spacial score (nSPS) is 11.0. The molecule has 0 spiro atoms. The molecule has 0 saturated carbocycles. The monoisotopic (exact) mass is 361 g/mol. The quantitative estimate of drug-likeness (QED) is 0.279. The molecule has 0 radical (unpaired) electrons. The molecule has 0 unspecified atom stereocenters. The van der Waals surface area contributed by atoms with Gasteiger partial charge in [-0.25, -0.2) is 4.79 Å². The first kappa shape index (κ1) is 17.6. The molecule has 25 heavy (non-hydrogen) atoms.